The van der Waals surface area contributed by atoms with E-state index in [-0.39, 0.29) is 0 Å². The molecule has 0 spiro atoms. The molecule has 0 aliphatic rings. The highest BCUT2D eigenvalue weighted by atomic mass is 35.5. The Bertz CT molecular complexity index is 455. The molecule has 0 saturated carbocycles. The van der Waals surface area contributed by atoms with Gasteiger partial charge in [0.2, 0.25) is 0 Å². The predicted octanol–water partition coefficient (Wildman–Crippen LogP) is 4.19. The quantitative estimate of drug-likeness (QED) is 0.902. The number of hydrogen-bond acceptors (Lipinski definition) is 2. The lowest BCUT2D eigenvalue weighted by molar-refractivity contribution is 0.0534. The van der Waals surface area contributed by atoms with Gasteiger partial charge < -0.3 is 10.1 Å². The molecule has 0 aliphatic carbocycles. The predicted molar refractivity (Wildman–Crippen MR) is 79.5 cm³/mol. The van der Waals surface area contributed by atoms with Crippen LogP contribution in [0.1, 0.15) is 31.9 Å². The van der Waals surface area contributed by atoms with Gasteiger partial charge in [0.25, 0.3) is 0 Å². The van der Waals surface area contributed by atoms with Gasteiger partial charge in [-0.3, -0.25) is 0 Å². The Hall–Kier alpha value is -1.48. The average molecular weight is 282 g/mol. The number of hydrogen-bond donors (Lipinski definition) is 1. The summed E-state index contributed by atoms with van der Waals surface area (Å²) in [4.78, 5) is 11.4. The summed E-state index contributed by atoms with van der Waals surface area (Å²) >= 11 is 6.09. The van der Waals surface area contributed by atoms with Gasteiger partial charge in [0, 0.05) is 11.6 Å². The minimum Gasteiger partial charge on any atom is -0.444 e. The van der Waals surface area contributed by atoms with E-state index in [1.165, 1.54) is 0 Å². The molecule has 19 heavy (non-hydrogen) atoms. The third-order valence-corrected chi connectivity index (χ3v) is 2.65. The number of alkyl carbamates (subject to hydrolysis) is 1. The molecule has 0 fully saturated rings. The van der Waals surface area contributed by atoms with E-state index in [1.54, 1.807) is 0 Å². The molecule has 0 bridgehead atoms. The van der Waals surface area contributed by atoms with E-state index in [2.05, 4.69) is 5.32 Å². The lowest BCUT2D eigenvalue weighted by Gasteiger charge is -2.19. The second-order valence-corrected chi connectivity index (χ2v) is 5.66. The first-order valence-electron chi connectivity index (χ1n) is 6.18. The van der Waals surface area contributed by atoms with E-state index in [0.717, 1.165) is 11.1 Å². The Balaban J connectivity index is 2.49. The number of carbonyl (C=O) groups is 1. The lowest BCUT2D eigenvalue weighted by atomic mass is 10.1. The normalized spacial score (nSPS) is 11.6. The lowest BCUT2D eigenvalue weighted by Crippen LogP contribution is -2.32. The molecule has 1 amide bonds. The summed E-state index contributed by atoms with van der Waals surface area (Å²) in [5, 5.41) is 3.36. The molecule has 104 valence electrons. The van der Waals surface area contributed by atoms with E-state index in [1.807, 2.05) is 58.0 Å². The standard InChI is InChI=1S/C15H20ClNO2/c1-11-7-5-9-13(16)12(11)8-6-10-17-14(18)19-15(2,3)4/h5-9H,10H2,1-4H3,(H,17,18). The van der Waals surface area contributed by atoms with Crippen molar-refractivity contribution in [3.63, 3.8) is 0 Å². The van der Waals surface area contributed by atoms with E-state index in [0.29, 0.717) is 11.6 Å². The first-order chi connectivity index (χ1) is 8.79. The van der Waals surface area contributed by atoms with Crippen LogP contribution in [0.3, 0.4) is 0 Å². The summed E-state index contributed by atoms with van der Waals surface area (Å²) in [7, 11) is 0. The smallest absolute Gasteiger partial charge is 0.407 e. The van der Waals surface area contributed by atoms with Gasteiger partial charge in [0.05, 0.1) is 0 Å². The summed E-state index contributed by atoms with van der Waals surface area (Å²) in [5.41, 5.74) is 1.59. The fraction of sp³-hybridized carbons (Fsp3) is 0.400. The van der Waals surface area contributed by atoms with Gasteiger partial charge in [0.1, 0.15) is 5.60 Å². The molecule has 3 nitrogen and oxygen atoms in total. The zero-order valence-electron chi connectivity index (χ0n) is 11.8. The fourth-order valence-electron chi connectivity index (χ4n) is 1.49. The monoisotopic (exact) mass is 281 g/mol. The van der Waals surface area contributed by atoms with Gasteiger partial charge in [-0.15, -0.1) is 0 Å². The van der Waals surface area contributed by atoms with E-state index >= 15 is 0 Å². The van der Waals surface area contributed by atoms with Crippen molar-refractivity contribution in [2.45, 2.75) is 33.3 Å². The van der Waals surface area contributed by atoms with Crippen LogP contribution in [-0.2, 0) is 4.74 Å². The van der Waals surface area contributed by atoms with Crippen molar-refractivity contribution in [2.24, 2.45) is 0 Å². The van der Waals surface area contributed by atoms with Crippen molar-refractivity contribution >= 4 is 23.8 Å². The summed E-state index contributed by atoms with van der Waals surface area (Å²) in [6.45, 7) is 7.88. The van der Waals surface area contributed by atoms with Gasteiger partial charge in [-0.25, -0.2) is 4.79 Å². The van der Waals surface area contributed by atoms with Crippen LogP contribution in [-0.4, -0.2) is 18.2 Å². The molecular formula is C15H20ClNO2. The number of aryl methyl sites for hydroxylation is 1. The highest BCUT2D eigenvalue weighted by molar-refractivity contribution is 6.32. The van der Waals surface area contributed by atoms with Crippen molar-refractivity contribution in [1.82, 2.24) is 5.32 Å². The van der Waals surface area contributed by atoms with Gasteiger partial charge in [-0.1, -0.05) is 35.9 Å². The third kappa shape index (κ3) is 5.79. The molecule has 1 aromatic rings. The Morgan fingerprint density at radius 3 is 2.68 bits per heavy atom. The van der Waals surface area contributed by atoms with Crippen LogP contribution in [0.15, 0.2) is 24.3 Å². The first-order valence-corrected chi connectivity index (χ1v) is 6.56. The van der Waals surface area contributed by atoms with E-state index in [9.17, 15) is 4.79 Å². The Morgan fingerprint density at radius 2 is 2.11 bits per heavy atom. The van der Waals surface area contributed by atoms with Crippen LogP contribution in [0.4, 0.5) is 4.79 Å². The summed E-state index contributed by atoms with van der Waals surface area (Å²) in [6.07, 6.45) is 3.32. The molecule has 0 saturated heterocycles. The van der Waals surface area contributed by atoms with Crippen LogP contribution in [0.25, 0.3) is 6.08 Å². The largest absolute Gasteiger partial charge is 0.444 e. The molecule has 0 aliphatic heterocycles. The van der Waals surface area contributed by atoms with Crippen molar-refractivity contribution < 1.29 is 9.53 Å². The van der Waals surface area contributed by atoms with Crippen LogP contribution in [0.5, 0.6) is 0 Å². The van der Waals surface area contributed by atoms with Crippen LogP contribution in [0, 0.1) is 6.92 Å². The molecule has 0 unspecified atom stereocenters. The highest BCUT2D eigenvalue weighted by Gasteiger charge is 2.14. The number of nitrogens with one attached hydrogen (secondary N) is 1. The second-order valence-electron chi connectivity index (χ2n) is 5.26. The summed E-state index contributed by atoms with van der Waals surface area (Å²) in [5.74, 6) is 0. The maximum absolute atomic E-state index is 11.4. The molecule has 1 N–H and O–H groups in total. The van der Waals surface area contributed by atoms with Gasteiger partial charge in [0.15, 0.2) is 0 Å². The molecular weight excluding hydrogens is 262 g/mol. The SMILES string of the molecule is Cc1cccc(Cl)c1C=CCNC(=O)OC(C)(C)C. The second kappa shape index (κ2) is 6.62. The Kier molecular flexibility index (Phi) is 5.43. The van der Waals surface area contributed by atoms with Crippen molar-refractivity contribution in [3.05, 3.63) is 40.4 Å². The summed E-state index contributed by atoms with van der Waals surface area (Å²) < 4.78 is 5.13. The molecule has 0 radical (unpaired) electrons. The minimum absolute atomic E-state index is 0.402. The Labute approximate surface area is 119 Å². The molecule has 0 aromatic heterocycles. The molecule has 1 rings (SSSR count). The van der Waals surface area contributed by atoms with Crippen LogP contribution < -0.4 is 5.32 Å². The number of benzene rings is 1. The molecule has 0 heterocycles. The van der Waals surface area contributed by atoms with Gasteiger partial charge >= 0.3 is 6.09 Å². The van der Waals surface area contributed by atoms with Crippen molar-refractivity contribution in [3.8, 4) is 0 Å². The van der Waals surface area contributed by atoms with Gasteiger partial charge in [-0.2, -0.15) is 0 Å². The number of ether oxygens (including phenoxy) is 1. The number of rotatable bonds is 3. The number of amides is 1. The zero-order chi connectivity index (χ0) is 14.5. The number of halogens is 1. The summed E-state index contributed by atoms with van der Waals surface area (Å²) in [6, 6.07) is 5.75. The Morgan fingerprint density at radius 1 is 1.42 bits per heavy atom. The maximum atomic E-state index is 11.4. The molecule has 0 atom stereocenters. The average Bonchev–Trinajstić information content (AvgIpc) is 2.25. The topological polar surface area (TPSA) is 38.3 Å². The highest BCUT2D eigenvalue weighted by Crippen LogP contribution is 2.20. The van der Waals surface area contributed by atoms with Crippen molar-refractivity contribution in [1.29, 1.82) is 0 Å². The van der Waals surface area contributed by atoms with Crippen LogP contribution in [0.2, 0.25) is 5.02 Å². The zero-order valence-corrected chi connectivity index (χ0v) is 12.5. The van der Waals surface area contributed by atoms with E-state index < -0.39 is 11.7 Å². The first kappa shape index (κ1) is 15.6. The van der Waals surface area contributed by atoms with E-state index in [4.69, 9.17) is 16.3 Å². The maximum Gasteiger partial charge on any atom is 0.407 e. The minimum atomic E-state index is -0.479. The number of carbonyl (C=O) groups excluding carboxylic acids is 1. The molecule has 4 heteroatoms. The molecule has 1 aromatic carbocycles. The van der Waals surface area contributed by atoms with Gasteiger partial charge in [-0.05, 0) is 44.9 Å². The fourth-order valence-corrected chi connectivity index (χ4v) is 1.77. The van der Waals surface area contributed by atoms with Crippen molar-refractivity contribution in [2.75, 3.05) is 6.54 Å². The third-order valence-electron chi connectivity index (χ3n) is 2.32. The van der Waals surface area contributed by atoms with Crippen LogP contribution >= 0.6 is 11.6 Å².